The predicted molar refractivity (Wildman–Crippen MR) is 79.9 cm³/mol. The number of rotatable bonds is 7. The van der Waals surface area contributed by atoms with E-state index in [1.54, 1.807) is 6.92 Å². The Balaban J connectivity index is 2.72. The zero-order valence-electron chi connectivity index (χ0n) is 12.9. The first kappa shape index (κ1) is 17.6. The molecule has 3 N–H and O–H groups in total. The lowest BCUT2D eigenvalue weighted by Crippen LogP contribution is -2.46. The molecule has 0 radical (unpaired) electrons. The molecular weight excluding hydrogens is 274 g/mol. The summed E-state index contributed by atoms with van der Waals surface area (Å²) in [7, 11) is 0. The van der Waals surface area contributed by atoms with Gasteiger partial charge >= 0.3 is 0 Å². The third-order valence-corrected chi connectivity index (χ3v) is 4.29. The minimum Gasteiger partial charge on any atom is -0.355 e. The number of halogens is 2. The van der Waals surface area contributed by atoms with Gasteiger partial charge in [-0.2, -0.15) is 0 Å². The summed E-state index contributed by atoms with van der Waals surface area (Å²) in [6, 6.07) is 3.49. The highest BCUT2D eigenvalue weighted by molar-refractivity contribution is 5.82. The maximum absolute atomic E-state index is 13.7. The molecular formula is C16H24F2N2O. The van der Waals surface area contributed by atoms with Crippen LogP contribution in [-0.4, -0.2) is 19.0 Å². The van der Waals surface area contributed by atoms with Crippen molar-refractivity contribution in [2.45, 2.75) is 39.5 Å². The van der Waals surface area contributed by atoms with Crippen LogP contribution < -0.4 is 11.1 Å². The number of hydrogen-bond donors (Lipinski definition) is 2. The molecule has 1 atom stereocenters. The highest BCUT2D eigenvalue weighted by atomic mass is 19.1. The van der Waals surface area contributed by atoms with Crippen LogP contribution in [0.5, 0.6) is 0 Å². The van der Waals surface area contributed by atoms with Crippen molar-refractivity contribution in [2.24, 2.45) is 11.1 Å². The molecule has 0 heterocycles. The van der Waals surface area contributed by atoms with E-state index in [-0.39, 0.29) is 18.4 Å². The number of nitrogens with two attached hydrogens (primary N) is 1. The maximum Gasteiger partial charge on any atom is 0.227 e. The molecule has 0 aromatic heterocycles. The van der Waals surface area contributed by atoms with Crippen molar-refractivity contribution >= 4 is 5.91 Å². The van der Waals surface area contributed by atoms with Gasteiger partial charge in [0.15, 0.2) is 0 Å². The second kappa shape index (κ2) is 7.50. The van der Waals surface area contributed by atoms with Crippen LogP contribution in [-0.2, 0) is 4.79 Å². The van der Waals surface area contributed by atoms with Gasteiger partial charge in [-0.15, -0.1) is 0 Å². The van der Waals surface area contributed by atoms with Crippen LogP contribution in [0.3, 0.4) is 0 Å². The third-order valence-electron chi connectivity index (χ3n) is 4.29. The second-order valence-corrected chi connectivity index (χ2v) is 5.47. The topological polar surface area (TPSA) is 55.1 Å². The molecule has 118 valence electrons. The van der Waals surface area contributed by atoms with Crippen molar-refractivity contribution < 1.29 is 13.6 Å². The normalized spacial score (nSPS) is 13.0. The molecule has 0 bridgehead atoms. The molecule has 0 saturated carbocycles. The number of hydrogen-bond acceptors (Lipinski definition) is 2. The van der Waals surface area contributed by atoms with Gasteiger partial charge in [-0.25, -0.2) is 8.78 Å². The standard InChI is InChI=1S/C16H24F2N2O/c1-4-16(5-2,10-19)15(21)20-9-11(3)13-7-6-12(17)8-14(13)18/h6-8,11H,4-5,9-10,19H2,1-3H3,(H,20,21). The second-order valence-electron chi connectivity index (χ2n) is 5.47. The molecule has 5 heteroatoms. The first-order valence-electron chi connectivity index (χ1n) is 7.33. The highest BCUT2D eigenvalue weighted by Gasteiger charge is 2.33. The molecule has 0 spiro atoms. The molecule has 1 rings (SSSR count). The van der Waals surface area contributed by atoms with E-state index in [1.807, 2.05) is 13.8 Å². The fourth-order valence-corrected chi connectivity index (χ4v) is 2.40. The van der Waals surface area contributed by atoms with Crippen molar-refractivity contribution in [1.82, 2.24) is 5.32 Å². The Morgan fingerprint density at radius 3 is 2.43 bits per heavy atom. The van der Waals surface area contributed by atoms with Crippen LogP contribution >= 0.6 is 0 Å². The van der Waals surface area contributed by atoms with Gasteiger partial charge in [0.25, 0.3) is 0 Å². The van der Waals surface area contributed by atoms with Gasteiger partial charge in [-0.05, 0) is 24.5 Å². The van der Waals surface area contributed by atoms with Crippen LogP contribution in [0.2, 0.25) is 0 Å². The monoisotopic (exact) mass is 298 g/mol. The lowest BCUT2D eigenvalue weighted by Gasteiger charge is -2.29. The zero-order valence-corrected chi connectivity index (χ0v) is 12.9. The summed E-state index contributed by atoms with van der Waals surface area (Å²) in [4.78, 5) is 12.3. The lowest BCUT2D eigenvalue weighted by atomic mass is 9.81. The SMILES string of the molecule is CCC(CC)(CN)C(=O)NCC(C)c1ccc(F)cc1F. The van der Waals surface area contributed by atoms with Crippen LogP contribution in [0.25, 0.3) is 0 Å². The molecule has 21 heavy (non-hydrogen) atoms. The fraction of sp³-hybridized carbons (Fsp3) is 0.562. The molecule has 0 aliphatic rings. The minimum absolute atomic E-state index is 0.107. The van der Waals surface area contributed by atoms with E-state index in [0.29, 0.717) is 24.9 Å². The van der Waals surface area contributed by atoms with Crippen LogP contribution in [0.15, 0.2) is 18.2 Å². The lowest BCUT2D eigenvalue weighted by molar-refractivity contribution is -0.131. The molecule has 0 aliphatic heterocycles. The Kier molecular flexibility index (Phi) is 6.27. The summed E-state index contributed by atoms with van der Waals surface area (Å²) in [5, 5.41) is 2.84. The number of benzene rings is 1. The number of carbonyl (C=O) groups is 1. The van der Waals surface area contributed by atoms with Crippen molar-refractivity contribution in [3.8, 4) is 0 Å². The number of carbonyl (C=O) groups excluding carboxylic acids is 1. The molecule has 0 aliphatic carbocycles. The highest BCUT2D eigenvalue weighted by Crippen LogP contribution is 2.25. The van der Waals surface area contributed by atoms with E-state index < -0.39 is 17.0 Å². The summed E-state index contributed by atoms with van der Waals surface area (Å²) in [6.45, 7) is 6.23. The van der Waals surface area contributed by atoms with Crippen LogP contribution in [0.4, 0.5) is 8.78 Å². The van der Waals surface area contributed by atoms with Crippen LogP contribution in [0, 0.1) is 17.0 Å². The molecule has 0 saturated heterocycles. The van der Waals surface area contributed by atoms with Gasteiger partial charge in [0.2, 0.25) is 5.91 Å². The average Bonchev–Trinajstić information content (AvgIpc) is 2.47. The fourth-order valence-electron chi connectivity index (χ4n) is 2.40. The van der Waals surface area contributed by atoms with Crippen LogP contribution in [0.1, 0.15) is 45.1 Å². The maximum atomic E-state index is 13.7. The molecule has 1 unspecified atom stereocenters. The first-order chi connectivity index (χ1) is 9.90. The van der Waals surface area contributed by atoms with E-state index in [1.165, 1.54) is 12.1 Å². The quantitative estimate of drug-likeness (QED) is 0.813. The van der Waals surface area contributed by atoms with E-state index in [0.717, 1.165) is 6.07 Å². The molecule has 1 aromatic carbocycles. The Labute approximate surface area is 124 Å². The van der Waals surface area contributed by atoms with E-state index >= 15 is 0 Å². The van der Waals surface area contributed by atoms with E-state index in [9.17, 15) is 13.6 Å². The Bertz CT molecular complexity index is 479. The number of amides is 1. The van der Waals surface area contributed by atoms with Gasteiger partial charge in [0.1, 0.15) is 11.6 Å². The summed E-state index contributed by atoms with van der Waals surface area (Å²) in [5.74, 6) is -1.54. The molecule has 0 fully saturated rings. The first-order valence-corrected chi connectivity index (χ1v) is 7.33. The smallest absolute Gasteiger partial charge is 0.227 e. The van der Waals surface area contributed by atoms with Crippen molar-refractivity contribution in [1.29, 1.82) is 0 Å². The molecule has 1 amide bonds. The van der Waals surface area contributed by atoms with Crippen molar-refractivity contribution in [3.63, 3.8) is 0 Å². The largest absolute Gasteiger partial charge is 0.355 e. The van der Waals surface area contributed by atoms with Gasteiger partial charge in [0.05, 0.1) is 5.41 Å². The van der Waals surface area contributed by atoms with Crippen molar-refractivity contribution in [2.75, 3.05) is 13.1 Å². The van der Waals surface area contributed by atoms with Crippen molar-refractivity contribution in [3.05, 3.63) is 35.4 Å². The summed E-state index contributed by atoms with van der Waals surface area (Å²) in [6.07, 6.45) is 1.32. The Morgan fingerprint density at radius 2 is 1.95 bits per heavy atom. The summed E-state index contributed by atoms with van der Waals surface area (Å²) >= 11 is 0. The zero-order chi connectivity index (χ0) is 16.0. The average molecular weight is 298 g/mol. The Morgan fingerprint density at radius 1 is 1.33 bits per heavy atom. The minimum atomic E-state index is -0.605. The van der Waals surface area contributed by atoms with Gasteiger partial charge in [-0.1, -0.05) is 26.8 Å². The number of nitrogens with one attached hydrogen (secondary N) is 1. The molecule has 1 aromatic rings. The summed E-state index contributed by atoms with van der Waals surface area (Å²) in [5.41, 5.74) is 5.55. The van der Waals surface area contributed by atoms with Gasteiger partial charge < -0.3 is 11.1 Å². The van der Waals surface area contributed by atoms with E-state index in [4.69, 9.17) is 5.73 Å². The van der Waals surface area contributed by atoms with E-state index in [2.05, 4.69) is 5.32 Å². The molecule has 3 nitrogen and oxygen atoms in total. The third kappa shape index (κ3) is 4.00. The predicted octanol–water partition coefficient (Wildman–Crippen LogP) is 2.95. The summed E-state index contributed by atoms with van der Waals surface area (Å²) < 4.78 is 26.6. The van der Waals surface area contributed by atoms with Gasteiger partial charge in [0, 0.05) is 25.1 Å². The Hall–Kier alpha value is -1.49. The van der Waals surface area contributed by atoms with Gasteiger partial charge in [-0.3, -0.25) is 4.79 Å².